The van der Waals surface area contributed by atoms with Gasteiger partial charge >= 0.3 is 5.97 Å². The Morgan fingerprint density at radius 2 is 1.88 bits per heavy atom. The van der Waals surface area contributed by atoms with E-state index in [1.165, 1.54) is 12.1 Å². The third-order valence-corrected chi connectivity index (χ3v) is 3.81. The lowest BCUT2D eigenvalue weighted by atomic mass is 10.1. The van der Waals surface area contributed by atoms with E-state index < -0.39 is 10.9 Å². The lowest BCUT2D eigenvalue weighted by Crippen LogP contribution is -2.09. The number of nitro groups is 1. The van der Waals surface area contributed by atoms with Crippen LogP contribution in [-0.4, -0.2) is 17.5 Å². The van der Waals surface area contributed by atoms with E-state index in [1.807, 2.05) is 0 Å². The molecule has 0 radical (unpaired) electrons. The van der Waals surface area contributed by atoms with Crippen LogP contribution in [0.1, 0.15) is 22.8 Å². The minimum atomic E-state index is -0.707. The second-order valence-electron chi connectivity index (χ2n) is 4.65. The Hall–Kier alpha value is -2.31. The van der Waals surface area contributed by atoms with Crippen LogP contribution >= 0.6 is 23.2 Å². The van der Waals surface area contributed by atoms with Gasteiger partial charge in [0.25, 0.3) is 5.69 Å². The SMILES string of the molecule is CCOC(=O)c1cc([N+](=O)[O-])ccc1OCc1c(Cl)cccc1Cl. The molecule has 0 spiro atoms. The molecule has 0 atom stereocenters. The van der Waals surface area contributed by atoms with Crippen LogP contribution in [0.5, 0.6) is 5.75 Å². The summed E-state index contributed by atoms with van der Waals surface area (Å²) in [5.41, 5.74) is 0.282. The first kappa shape index (κ1) is 18.0. The van der Waals surface area contributed by atoms with E-state index in [4.69, 9.17) is 32.7 Å². The van der Waals surface area contributed by atoms with Crippen molar-refractivity contribution in [3.05, 3.63) is 67.7 Å². The lowest BCUT2D eigenvalue weighted by Gasteiger charge is -2.12. The molecule has 0 heterocycles. The van der Waals surface area contributed by atoms with E-state index in [0.717, 1.165) is 6.07 Å². The van der Waals surface area contributed by atoms with Crippen molar-refractivity contribution in [1.82, 2.24) is 0 Å². The van der Waals surface area contributed by atoms with Gasteiger partial charge in [-0.3, -0.25) is 10.1 Å². The number of rotatable bonds is 6. The molecule has 2 aromatic carbocycles. The first-order valence-corrected chi connectivity index (χ1v) is 7.71. The fourth-order valence-electron chi connectivity index (χ4n) is 1.95. The quantitative estimate of drug-likeness (QED) is 0.420. The van der Waals surface area contributed by atoms with Gasteiger partial charge in [-0.2, -0.15) is 0 Å². The number of carbonyl (C=O) groups is 1. The van der Waals surface area contributed by atoms with Crippen LogP contribution in [-0.2, 0) is 11.3 Å². The molecule has 2 aromatic rings. The molecule has 6 nitrogen and oxygen atoms in total. The van der Waals surface area contributed by atoms with Gasteiger partial charge < -0.3 is 9.47 Å². The first-order chi connectivity index (χ1) is 11.4. The molecular formula is C16H13Cl2NO5. The number of benzene rings is 2. The molecule has 126 valence electrons. The molecule has 0 saturated heterocycles. The van der Waals surface area contributed by atoms with Crippen LogP contribution in [0.3, 0.4) is 0 Å². The first-order valence-electron chi connectivity index (χ1n) is 6.95. The molecule has 0 saturated carbocycles. The molecule has 24 heavy (non-hydrogen) atoms. The topological polar surface area (TPSA) is 78.7 Å². The maximum absolute atomic E-state index is 12.0. The van der Waals surface area contributed by atoms with Gasteiger partial charge in [0.05, 0.1) is 11.5 Å². The monoisotopic (exact) mass is 369 g/mol. The summed E-state index contributed by atoms with van der Waals surface area (Å²) in [5, 5.41) is 11.7. The van der Waals surface area contributed by atoms with E-state index >= 15 is 0 Å². The Bertz CT molecular complexity index is 759. The van der Waals surface area contributed by atoms with Gasteiger partial charge in [0.2, 0.25) is 0 Å². The molecule has 0 aromatic heterocycles. The smallest absolute Gasteiger partial charge is 0.342 e. The van der Waals surface area contributed by atoms with E-state index in [-0.39, 0.29) is 30.2 Å². The molecule has 0 aliphatic carbocycles. The molecule has 0 amide bonds. The minimum absolute atomic E-state index is 0.00270. The summed E-state index contributed by atoms with van der Waals surface area (Å²) in [6.45, 7) is 1.78. The number of nitro benzene ring substituents is 1. The van der Waals surface area contributed by atoms with E-state index in [0.29, 0.717) is 15.6 Å². The zero-order valence-electron chi connectivity index (χ0n) is 12.6. The van der Waals surface area contributed by atoms with Gasteiger partial charge in [-0.25, -0.2) is 4.79 Å². The summed E-state index contributed by atoms with van der Waals surface area (Å²) in [4.78, 5) is 22.3. The minimum Gasteiger partial charge on any atom is -0.488 e. The van der Waals surface area contributed by atoms with Gasteiger partial charge in [-0.05, 0) is 25.1 Å². The van der Waals surface area contributed by atoms with Crippen molar-refractivity contribution < 1.29 is 19.2 Å². The number of esters is 1. The van der Waals surface area contributed by atoms with Crippen molar-refractivity contribution in [2.75, 3.05) is 6.61 Å². The Balaban J connectivity index is 2.32. The fourth-order valence-corrected chi connectivity index (χ4v) is 2.45. The van der Waals surface area contributed by atoms with Gasteiger partial charge in [0, 0.05) is 27.7 Å². The summed E-state index contributed by atoms with van der Waals surface area (Å²) < 4.78 is 10.5. The van der Waals surface area contributed by atoms with E-state index in [2.05, 4.69) is 0 Å². The number of ether oxygens (including phenoxy) is 2. The zero-order chi connectivity index (χ0) is 17.7. The highest BCUT2D eigenvalue weighted by molar-refractivity contribution is 6.35. The highest BCUT2D eigenvalue weighted by Gasteiger charge is 2.19. The fraction of sp³-hybridized carbons (Fsp3) is 0.188. The normalized spacial score (nSPS) is 10.3. The summed E-state index contributed by atoms with van der Waals surface area (Å²) in [5.74, 6) is -0.559. The van der Waals surface area contributed by atoms with Crippen molar-refractivity contribution in [3.8, 4) is 5.75 Å². The molecule has 0 aliphatic heterocycles. The zero-order valence-corrected chi connectivity index (χ0v) is 14.1. The Morgan fingerprint density at radius 3 is 2.46 bits per heavy atom. The predicted octanol–water partition coefficient (Wildman–Crippen LogP) is 4.66. The van der Waals surface area contributed by atoms with Crippen LogP contribution in [0.2, 0.25) is 10.0 Å². The Labute approximate surface area is 148 Å². The summed E-state index contributed by atoms with van der Waals surface area (Å²) in [6.07, 6.45) is 0. The standard InChI is InChI=1S/C16H13Cl2NO5/c1-2-23-16(20)11-8-10(19(21)22)6-7-15(11)24-9-12-13(17)4-3-5-14(12)18/h3-8H,2,9H2,1H3. The third kappa shape index (κ3) is 4.15. The van der Waals surface area contributed by atoms with Crippen molar-refractivity contribution >= 4 is 34.9 Å². The van der Waals surface area contributed by atoms with Crippen molar-refractivity contribution in [1.29, 1.82) is 0 Å². The maximum atomic E-state index is 12.0. The molecule has 0 unspecified atom stereocenters. The van der Waals surface area contributed by atoms with Crippen LogP contribution in [0.15, 0.2) is 36.4 Å². The average molecular weight is 370 g/mol. The van der Waals surface area contributed by atoms with E-state index in [1.54, 1.807) is 25.1 Å². The molecule has 2 rings (SSSR count). The summed E-state index contributed by atoms with van der Waals surface area (Å²) in [7, 11) is 0. The van der Waals surface area contributed by atoms with Crippen molar-refractivity contribution in [2.45, 2.75) is 13.5 Å². The second kappa shape index (κ2) is 7.99. The number of non-ortho nitro benzene ring substituents is 1. The molecule has 0 fully saturated rings. The van der Waals surface area contributed by atoms with Crippen LogP contribution < -0.4 is 4.74 Å². The maximum Gasteiger partial charge on any atom is 0.342 e. The molecule has 0 bridgehead atoms. The second-order valence-corrected chi connectivity index (χ2v) is 5.46. The third-order valence-electron chi connectivity index (χ3n) is 3.10. The van der Waals surface area contributed by atoms with Crippen LogP contribution in [0.4, 0.5) is 5.69 Å². The molecule has 0 N–H and O–H groups in total. The lowest BCUT2D eigenvalue weighted by molar-refractivity contribution is -0.384. The average Bonchev–Trinajstić information content (AvgIpc) is 2.54. The number of carbonyl (C=O) groups excluding carboxylic acids is 1. The van der Waals surface area contributed by atoms with Crippen LogP contribution in [0.25, 0.3) is 0 Å². The Kier molecular flexibility index (Phi) is 6.00. The van der Waals surface area contributed by atoms with Crippen molar-refractivity contribution in [3.63, 3.8) is 0 Å². The number of hydrogen-bond acceptors (Lipinski definition) is 5. The van der Waals surface area contributed by atoms with Gasteiger partial charge in [0.1, 0.15) is 17.9 Å². The summed E-state index contributed by atoms with van der Waals surface area (Å²) in [6, 6.07) is 8.72. The van der Waals surface area contributed by atoms with E-state index in [9.17, 15) is 14.9 Å². The largest absolute Gasteiger partial charge is 0.488 e. The van der Waals surface area contributed by atoms with Gasteiger partial charge in [-0.15, -0.1) is 0 Å². The predicted molar refractivity (Wildman–Crippen MR) is 89.8 cm³/mol. The number of hydrogen-bond donors (Lipinski definition) is 0. The van der Waals surface area contributed by atoms with Gasteiger partial charge in [0.15, 0.2) is 0 Å². The van der Waals surface area contributed by atoms with Crippen molar-refractivity contribution in [2.24, 2.45) is 0 Å². The molecule has 8 heteroatoms. The molecular weight excluding hydrogens is 357 g/mol. The Morgan fingerprint density at radius 1 is 1.21 bits per heavy atom. The number of halogens is 2. The number of nitrogens with zero attached hydrogens (tertiary/aromatic N) is 1. The highest BCUT2D eigenvalue weighted by atomic mass is 35.5. The summed E-state index contributed by atoms with van der Waals surface area (Å²) >= 11 is 12.1. The highest BCUT2D eigenvalue weighted by Crippen LogP contribution is 2.29. The molecule has 0 aliphatic rings. The van der Waals surface area contributed by atoms with Gasteiger partial charge in [-0.1, -0.05) is 29.3 Å². The van der Waals surface area contributed by atoms with Crippen LogP contribution in [0, 0.1) is 10.1 Å².